The summed E-state index contributed by atoms with van der Waals surface area (Å²) in [5.74, 6) is 0.287. The number of aromatic amines is 1. The van der Waals surface area contributed by atoms with Gasteiger partial charge in [0.15, 0.2) is 19.7 Å². The van der Waals surface area contributed by atoms with Gasteiger partial charge in [0.05, 0.1) is 17.0 Å². The van der Waals surface area contributed by atoms with Crippen LogP contribution in [0.15, 0.2) is 47.2 Å². The number of hydrogen-bond donors (Lipinski definition) is 2. The van der Waals surface area contributed by atoms with Crippen LogP contribution < -0.4 is 5.32 Å². The topological polar surface area (TPSA) is 110 Å². The van der Waals surface area contributed by atoms with Gasteiger partial charge in [0, 0.05) is 23.7 Å². The van der Waals surface area contributed by atoms with Gasteiger partial charge in [0.25, 0.3) is 5.91 Å². The van der Waals surface area contributed by atoms with Gasteiger partial charge in [-0.3, -0.25) is 19.8 Å². The average molecular weight is 436 g/mol. The van der Waals surface area contributed by atoms with Crippen LogP contribution in [0.25, 0.3) is 0 Å². The van der Waals surface area contributed by atoms with Gasteiger partial charge >= 0.3 is 0 Å². The molecule has 0 aliphatic heterocycles. The van der Waals surface area contributed by atoms with Crippen molar-refractivity contribution in [1.82, 2.24) is 19.7 Å². The molecule has 0 saturated heterocycles. The smallest absolute Gasteiger partial charge is 0.257 e. The zero-order chi connectivity index (χ0) is 20.3. The van der Waals surface area contributed by atoms with Crippen LogP contribution in [-0.2, 0) is 22.8 Å². The highest BCUT2D eigenvalue weighted by Gasteiger charge is 2.14. The molecule has 3 rings (SSSR count). The summed E-state index contributed by atoms with van der Waals surface area (Å²) in [5.41, 5.74) is 0.969. The van der Waals surface area contributed by atoms with Gasteiger partial charge in [0.1, 0.15) is 5.82 Å². The Morgan fingerprint density at radius 3 is 2.96 bits per heavy atom. The van der Waals surface area contributed by atoms with Crippen LogP contribution in [0.1, 0.15) is 21.9 Å². The van der Waals surface area contributed by atoms with Gasteiger partial charge in [-0.25, -0.2) is 13.4 Å². The van der Waals surface area contributed by atoms with Crippen LogP contribution in [0, 0.1) is 4.77 Å². The number of hydrogen-bond acceptors (Lipinski definition) is 7. The Hall–Kier alpha value is -2.63. The summed E-state index contributed by atoms with van der Waals surface area (Å²) in [6.45, 7) is 4.24. The zero-order valence-electron chi connectivity index (χ0n) is 14.9. The van der Waals surface area contributed by atoms with Crippen molar-refractivity contribution >= 4 is 44.4 Å². The second-order valence-corrected chi connectivity index (χ2v) is 9.18. The lowest BCUT2D eigenvalue weighted by Crippen LogP contribution is -2.12. The van der Waals surface area contributed by atoms with Crippen LogP contribution in [0.2, 0.25) is 0 Å². The fourth-order valence-electron chi connectivity index (χ4n) is 2.45. The van der Waals surface area contributed by atoms with E-state index in [4.69, 9.17) is 12.2 Å². The minimum absolute atomic E-state index is 0.0880. The molecule has 1 aromatic carbocycles. The molecule has 0 atom stereocenters. The van der Waals surface area contributed by atoms with Crippen molar-refractivity contribution in [2.75, 3.05) is 11.6 Å². The number of carbonyl (C=O) groups excluding carboxylic acids is 1. The average Bonchev–Trinajstić information content (AvgIpc) is 3.23. The molecule has 0 bridgehead atoms. The second-order valence-electron chi connectivity index (χ2n) is 5.92. The van der Waals surface area contributed by atoms with Crippen LogP contribution >= 0.6 is 23.6 Å². The minimum atomic E-state index is -3.39. The van der Waals surface area contributed by atoms with Crippen molar-refractivity contribution in [2.24, 2.45) is 0 Å². The lowest BCUT2D eigenvalue weighted by molar-refractivity contribution is 0.102. The summed E-state index contributed by atoms with van der Waals surface area (Å²) in [6, 6.07) is 5.86. The maximum Gasteiger partial charge on any atom is 0.257 e. The van der Waals surface area contributed by atoms with Crippen molar-refractivity contribution in [1.29, 1.82) is 0 Å². The fourth-order valence-corrected chi connectivity index (χ4v) is 4.05. The maximum absolute atomic E-state index is 12.4. The monoisotopic (exact) mass is 435 g/mol. The molecule has 28 heavy (non-hydrogen) atoms. The number of rotatable bonds is 7. The molecule has 8 nitrogen and oxygen atoms in total. The first kappa shape index (κ1) is 20.1. The van der Waals surface area contributed by atoms with Crippen molar-refractivity contribution < 1.29 is 13.2 Å². The minimum Gasteiger partial charge on any atom is -0.300 e. The lowest BCUT2D eigenvalue weighted by Gasteiger charge is -2.04. The fraction of sp³-hybridized carbons (Fsp3) is 0.176. The largest absolute Gasteiger partial charge is 0.300 e. The molecule has 0 fully saturated rings. The predicted molar refractivity (Wildman–Crippen MR) is 110 cm³/mol. The molecule has 11 heteroatoms. The summed E-state index contributed by atoms with van der Waals surface area (Å²) >= 11 is 6.46. The van der Waals surface area contributed by atoms with E-state index in [-0.39, 0.29) is 10.5 Å². The number of nitrogens with one attached hydrogen (secondary N) is 2. The molecule has 0 saturated carbocycles. The van der Waals surface area contributed by atoms with Gasteiger partial charge in [-0.1, -0.05) is 12.1 Å². The first-order chi connectivity index (χ1) is 13.3. The maximum atomic E-state index is 12.4. The van der Waals surface area contributed by atoms with Gasteiger partial charge in [-0.2, -0.15) is 5.10 Å². The molecule has 0 unspecified atom stereocenters. The van der Waals surface area contributed by atoms with Gasteiger partial charge in [-0.15, -0.1) is 17.9 Å². The third kappa shape index (κ3) is 4.61. The Morgan fingerprint density at radius 2 is 2.25 bits per heavy atom. The summed E-state index contributed by atoms with van der Waals surface area (Å²) in [4.78, 5) is 16.9. The van der Waals surface area contributed by atoms with E-state index >= 15 is 0 Å². The number of aromatic nitrogens is 4. The third-order valence-electron chi connectivity index (χ3n) is 3.78. The normalized spacial score (nSPS) is 11.3. The van der Waals surface area contributed by atoms with E-state index in [2.05, 4.69) is 27.1 Å². The number of H-pyrrole nitrogens is 1. The van der Waals surface area contributed by atoms with Gasteiger partial charge in [-0.05, 0) is 30.4 Å². The van der Waals surface area contributed by atoms with Gasteiger partial charge in [0.2, 0.25) is 0 Å². The molecule has 0 radical (unpaired) electrons. The molecule has 0 spiro atoms. The van der Waals surface area contributed by atoms with Crippen LogP contribution in [0.5, 0.6) is 0 Å². The number of nitrogens with zero attached hydrogens (tertiary/aromatic N) is 3. The first-order valence-electron chi connectivity index (χ1n) is 8.09. The van der Waals surface area contributed by atoms with E-state index in [1.54, 1.807) is 12.1 Å². The van der Waals surface area contributed by atoms with E-state index in [0.29, 0.717) is 28.7 Å². The molecular formula is C17H17N5O3S3. The molecule has 2 aromatic heterocycles. The molecule has 1 amide bonds. The van der Waals surface area contributed by atoms with Crippen LogP contribution in [-0.4, -0.2) is 40.3 Å². The summed E-state index contributed by atoms with van der Waals surface area (Å²) < 4.78 is 25.6. The molecule has 0 aliphatic rings. The lowest BCUT2D eigenvalue weighted by atomic mass is 10.2. The molecular weight excluding hydrogens is 418 g/mol. The number of amides is 1. The summed E-state index contributed by atoms with van der Waals surface area (Å²) in [5, 5.41) is 11.9. The Morgan fingerprint density at radius 1 is 1.46 bits per heavy atom. The first-order valence-corrected chi connectivity index (χ1v) is 11.3. The molecule has 3 aromatic rings. The van der Waals surface area contributed by atoms with Crippen molar-refractivity contribution in [2.45, 2.75) is 17.9 Å². The van der Waals surface area contributed by atoms with E-state index in [0.717, 1.165) is 11.9 Å². The number of sulfone groups is 1. The number of carbonyl (C=O) groups is 1. The van der Waals surface area contributed by atoms with E-state index in [1.165, 1.54) is 29.5 Å². The quantitative estimate of drug-likeness (QED) is 0.436. The highest BCUT2D eigenvalue weighted by Crippen LogP contribution is 2.19. The highest BCUT2D eigenvalue weighted by atomic mass is 32.2. The van der Waals surface area contributed by atoms with Crippen LogP contribution in [0.4, 0.5) is 5.13 Å². The van der Waals surface area contributed by atoms with E-state index < -0.39 is 15.7 Å². The summed E-state index contributed by atoms with van der Waals surface area (Å²) in [6.07, 6.45) is 3.27. The predicted octanol–water partition coefficient (Wildman–Crippen LogP) is 2.83. The number of benzene rings is 1. The Labute approximate surface area is 170 Å². The molecule has 146 valence electrons. The zero-order valence-corrected chi connectivity index (χ0v) is 17.3. The molecule has 2 heterocycles. The Bertz CT molecular complexity index is 1190. The third-order valence-corrected chi connectivity index (χ3v) is 6.01. The number of anilines is 1. The van der Waals surface area contributed by atoms with Crippen molar-refractivity contribution in [3.63, 3.8) is 0 Å². The standard InChI is InChI=1S/C17H17N5O3S3/c1-3-7-22-14(20-21-17(22)26)9-12-10-27-16(18-12)19-15(23)11-5-4-6-13(8-11)28(2,24)25/h3-6,8,10H,1,7,9H2,2H3,(H,21,26)(H,18,19,23). The summed E-state index contributed by atoms with van der Waals surface area (Å²) in [7, 11) is -3.39. The van der Waals surface area contributed by atoms with E-state index in [1.807, 2.05) is 9.95 Å². The van der Waals surface area contributed by atoms with Crippen LogP contribution in [0.3, 0.4) is 0 Å². The Kier molecular flexibility index (Phi) is 5.87. The Balaban J connectivity index is 1.74. The van der Waals surface area contributed by atoms with E-state index in [9.17, 15) is 13.2 Å². The number of allylic oxidation sites excluding steroid dienone is 1. The number of thiazole rings is 1. The van der Waals surface area contributed by atoms with Crippen molar-refractivity contribution in [3.05, 3.63) is 64.2 Å². The second kappa shape index (κ2) is 8.17. The molecule has 2 N–H and O–H groups in total. The SMILES string of the molecule is C=CCn1c(Cc2csc(NC(=O)c3cccc(S(C)(=O)=O)c3)n2)n[nH]c1=S. The molecule has 0 aliphatic carbocycles. The van der Waals surface area contributed by atoms with Crippen molar-refractivity contribution in [3.8, 4) is 0 Å². The highest BCUT2D eigenvalue weighted by molar-refractivity contribution is 7.90. The van der Waals surface area contributed by atoms with Gasteiger partial charge < -0.3 is 0 Å².